The molecule has 0 aliphatic heterocycles. The molecule has 0 saturated heterocycles. The van der Waals surface area contributed by atoms with Gasteiger partial charge in [-0.2, -0.15) is 0 Å². The molecule has 0 heterocycles. The van der Waals surface area contributed by atoms with E-state index in [1.807, 2.05) is 19.9 Å². The summed E-state index contributed by atoms with van der Waals surface area (Å²) in [6.45, 7) is 3.79. The number of nitrogens with one attached hydrogen (secondary N) is 1. The monoisotopic (exact) mass is 379 g/mol. The molecule has 0 saturated carbocycles. The van der Waals surface area contributed by atoms with E-state index in [0.717, 1.165) is 0 Å². The van der Waals surface area contributed by atoms with Crippen LogP contribution in [0.3, 0.4) is 0 Å². The highest BCUT2D eigenvalue weighted by atomic mass is 35.5. The van der Waals surface area contributed by atoms with Gasteiger partial charge in [0.15, 0.2) is 11.6 Å². The number of hydrogen-bond donors (Lipinski definition) is 1. The molecule has 2 rings (SSSR count). The molecule has 0 aliphatic carbocycles. The number of hydrogen-bond acceptors (Lipinski definition) is 4. The van der Waals surface area contributed by atoms with Crippen LogP contribution in [0.5, 0.6) is 11.5 Å². The lowest BCUT2D eigenvalue weighted by molar-refractivity contribution is -0.141. The first kappa shape index (κ1) is 20.2. The number of ether oxygens (including phenoxy) is 2. The van der Waals surface area contributed by atoms with Gasteiger partial charge >= 0.3 is 5.97 Å². The van der Waals surface area contributed by atoms with Crippen LogP contribution < -0.4 is 10.1 Å². The predicted molar refractivity (Wildman–Crippen MR) is 100 cm³/mol. The molecule has 2 atom stereocenters. The van der Waals surface area contributed by atoms with Crippen molar-refractivity contribution in [2.75, 3.05) is 7.11 Å². The van der Waals surface area contributed by atoms with Crippen LogP contribution in [-0.4, -0.2) is 19.1 Å². The summed E-state index contributed by atoms with van der Waals surface area (Å²) in [7, 11) is 1.35. The fourth-order valence-corrected chi connectivity index (χ4v) is 2.86. The van der Waals surface area contributed by atoms with Crippen LogP contribution in [0.1, 0.15) is 38.3 Å². The van der Waals surface area contributed by atoms with Crippen LogP contribution in [0.15, 0.2) is 42.5 Å². The zero-order valence-corrected chi connectivity index (χ0v) is 15.8. The maximum atomic E-state index is 15.1. The van der Waals surface area contributed by atoms with E-state index in [0.29, 0.717) is 17.7 Å². The van der Waals surface area contributed by atoms with Gasteiger partial charge in [-0.15, -0.1) is 0 Å². The summed E-state index contributed by atoms with van der Waals surface area (Å²) in [6.07, 6.45) is 0.838. The Bertz CT molecular complexity index is 739. The standard InChI is InChI=1S/C20H23ClFNO3/c1-4-17(23-13(2)12-18(24)25-3)15-10-11-16(21)20(19(15)22)26-14-8-6-5-7-9-14/h5-11,13,17,23H,4,12H2,1-3H3/t13-,17-/m1/s1. The molecule has 140 valence electrons. The zero-order chi connectivity index (χ0) is 19.1. The summed E-state index contributed by atoms with van der Waals surface area (Å²) in [5.74, 6) is -0.322. The van der Waals surface area contributed by atoms with Crippen molar-refractivity contribution in [1.82, 2.24) is 5.32 Å². The van der Waals surface area contributed by atoms with Crippen LogP contribution >= 0.6 is 11.6 Å². The van der Waals surface area contributed by atoms with E-state index < -0.39 is 5.82 Å². The summed E-state index contributed by atoms with van der Waals surface area (Å²) in [5.41, 5.74) is 0.444. The first-order valence-corrected chi connectivity index (χ1v) is 8.87. The zero-order valence-electron chi connectivity index (χ0n) is 15.1. The van der Waals surface area contributed by atoms with Crippen LogP contribution in [0.2, 0.25) is 5.02 Å². The van der Waals surface area contributed by atoms with Gasteiger partial charge in [0.1, 0.15) is 5.75 Å². The lowest BCUT2D eigenvalue weighted by Crippen LogP contribution is -2.33. The van der Waals surface area contributed by atoms with Crippen molar-refractivity contribution in [3.05, 3.63) is 58.9 Å². The van der Waals surface area contributed by atoms with Crippen molar-refractivity contribution >= 4 is 17.6 Å². The highest BCUT2D eigenvalue weighted by Crippen LogP contribution is 2.36. The summed E-state index contributed by atoms with van der Waals surface area (Å²) in [4.78, 5) is 11.4. The number of halogens is 2. The van der Waals surface area contributed by atoms with Gasteiger partial charge in [-0.05, 0) is 31.5 Å². The van der Waals surface area contributed by atoms with Gasteiger partial charge in [-0.1, -0.05) is 42.8 Å². The van der Waals surface area contributed by atoms with Gasteiger partial charge in [0.2, 0.25) is 0 Å². The normalized spacial score (nSPS) is 13.1. The minimum absolute atomic E-state index is 0.00348. The third-order valence-corrected chi connectivity index (χ3v) is 4.31. The van der Waals surface area contributed by atoms with Gasteiger partial charge in [0.25, 0.3) is 0 Å². The molecule has 0 spiro atoms. The number of rotatable bonds is 8. The van der Waals surface area contributed by atoms with Gasteiger partial charge in [0, 0.05) is 17.6 Å². The summed E-state index contributed by atoms with van der Waals surface area (Å²) in [5, 5.41) is 3.46. The Morgan fingerprint density at radius 3 is 2.54 bits per heavy atom. The second kappa shape index (κ2) is 9.55. The second-order valence-corrected chi connectivity index (χ2v) is 6.41. The summed E-state index contributed by atoms with van der Waals surface area (Å²) >= 11 is 6.15. The van der Waals surface area contributed by atoms with Gasteiger partial charge in [0.05, 0.1) is 18.6 Å². The topological polar surface area (TPSA) is 47.6 Å². The van der Waals surface area contributed by atoms with Crippen molar-refractivity contribution in [3.63, 3.8) is 0 Å². The van der Waals surface area contributed by atoms with Crippen molar-refractivity contribution in [1.29, 1.82) is 0 Å². The molecule has 6 heteroatoms. The largest absolute Gasteiger partial charge is 0.469 e. The molecule has 0 aromatic heterocycles. The van der Waals surface area contributed by atoms with Gasteiger partial charge in [-0.25, -0.2) is 4.39 Å². The maximum absolute atomic E-state index is 15.1. The lowest BCUT2D eigenvalue weighted by Gasteiger charge is -2.23. The SMILES string of the molecule is CC[C@@H](N[C@H](C)CC(=O)OC)c1ccc(Cl)c(Oc2ccccc2)c1F. The highest BCUT2D eigenvalue weighted by Gasteiger charge is 2.22. The van der Waals surface area contributed by atoms with E-state index in [-0.39, 0.29) is 35.2 Å². The van der Waals surface area contributed by atoms with Crippen LogP contribution in [-0.2, 0) is 9.53 Å². The molecule has 4 nitrogen and oxygen atoms in total. The predicted octanol–water partition coefficient (Wildman–Crippen LogP) is 5.26. The van der Waals surface area contributed by atoms with E-state index in [1.54, 1.807) is 36.4 Å². The first-order chi connectivity index (χ1) is 12.5. The first-order valence-electron chi connectivity index (χ1n) is 8.49. The highest BCUT2D eigenvalue weighted by molar-refractivity contribution is 6.32. The third-order valence-electron chi connectivity index (χ3n) is 4.01. The van der Waals surface area contributed by atoms with E-state index in [1.165, 1.54) is 7.11 Å². The number of benzene rings is 2. The van der Waals surface area contributed by atoms with Crippen LogP contribution in [0, 0.1) is 5.82 Å². The Balaban J connectivity index is 2.24. The summed E-state index contributed by atoms with van der Waals surface area (Å²) < 4.78 is 25.4. The van der Waals surface area contributed by atoms with E-state index >= 15 is 4.39 Å². The second-order valence-electron chi connectivity index (χ2n) is 6.00. The molecule has 2 aromatic carbocycles. The average Bonchev–Trinajstić information content (AvgIpc) is 2.64. The Hall–Kier alpha value is -2.11. The van der Waals surface area contributed by atoms with Gasteiger partial charge < -0.3 is 14.8 Å². The van der Waals surface area contributed by atoms with Crippen molar-refractivity contribution in [3.8, 4) is 11.5 Å². The fourth-order valence-electron chi connectivity index (χ4n) is 2.68. The van der Waals surface area contributed by atoms with Crippen molar-refractivity contribution < 1.29 is 18.7 Å². The van der Waals surface area contributed by atoms with Crippen LogP contribution in [0.25, 0.3) is 0 Å². The maximum Gasteiger partial charge on any atom is 0.307 e. The Labute approximate surface area is 158 Å². The Morgan fingerprint density at radius 1 is 1.23 bits per heavy atom. The average molecular weight is 380 g/mol. The number of esters is 1. The van der Waals surface area contributed by atoms with Crippen molar-refractivity contribution in [2.24, 2.45) is 0 Å². The smallest absolute Gasteiger partial charge is 0.307 e. The van der Waals surface area contributed by atoms with Crippen molar-refractivity contribution in [2.45, 2.75) is 38.8 Å². The number of carbonyl (C=O) groups is 1. The van der Waals surface area contributed by atoms with Crippen LogP contribution in [0.4, 0.5) is 4.39 Å². The molecule has 0 amide bonds. The minimum Gasteiger partial charge on any atom is -0.469 e. The fraction of sp³-hybridized carbons (Fsp3) is 0.350. The minimum atomic E-state index is -0.508. The molecule has 0 bridgehead atoms. The molecule has 26 heavy (non-hydrogen) atoms. The van der Waals surface area contributed by atoms with Gasteiger partial charge in [-0.3, -0.25) is 4.79 Å². The van der Waals surface area contributed by atoms with E-state index in [2.05, 4.69) is 10.1 Å². The molecular formula is C20H23ClFNO3. The quantitative estimate of drug-likeness (QED) is 0.635. The molecule has 0 aliphatic rings. The molecule has 1 N–H and O–H groups in total. The summed E-state index contributed by atoms with van der Waals surface area (Å²) in [6, 6.07) is 11.7. The molecule has 0 unspecified atom stereocenters. The number of methoxy groups -OCH3 is 1. The molecule has 0 radical (unpaired) electrons. The lowest BCUT2D eigenvalue weighted by atomic mass is 10.0. The Morgan fingerprint density at radius 2 is 1.92 bits per heavy atom. The third kappa shape index (κ3) is 5.19. The molecule has 0 fully saturated rings. The Kier molecular flexibility index (Phi) is 7.42. The molecule has 2 aromatic rings. The van der Waals surface area contributed by atoms with E-state index in [4.69, 9.17) is 16.3 Å². The number of para-hydroxylation sites is 1. The number of carbonyl (C=O) groups excluding carboxylic acids is 1. The van der Waals surface area contributed by atoms with E-state index in [9.17, 15) is 4.79 Å². The molecular weight excluding hydrogens is 357 g/mol.